The molecular weight excluding hydrogens is 190 g/mol. The SMILES string of the molecule is CCc1ccc(S(=O)(=O)[O-])cc1.[NH4+]. The van der Waals surface area contributed by atoms with Gasteiger partial charge in [-0.3, -0.25) is 0 Å². The van der Waals surface area contributed by atoms with Crippen LogP contribution in [-0.2, 0) is 16.5 Å². The molecule has 0 spiro atoms. The van der Waals surface area contributed by atoms with E-state index in [1.807, 2.05) is 6.92 Å². The molecule has 0 bridgehead atoms. The van der Waals surface area contributed by atoms with Crippen molar-refractivity contribution in [3.63, 3.8) is 0 Å². The summed E-state index contributed by atoms with van der Waals surface area (Å²) in [5.41, 5.74) is 1.02. The molecule has 0 saturated heterocycles. The minimum absolute atomic E-state index is 0. The first-order valence-corrected chi connectivity index (χ1v) is 4.99. The highest BCUT2D eigenvalue weighted by Crippen LogP contribution is 2.09. The number of hydrogen-bond acceptors (Lipinski definition) is 3. The summed E-state index contributed by atoms with van der Waals surface area (Å²) >= 11 is 0. The average molecular weight is 203 g/mol. The van der Waals surface area contributed by atoms with Crippen LogP contribution >= 0.6 is 0 Å². The van der Waals surface area contributed by atoms with Gasteiger partial charge in [0.05, 0.1) is 4.90 Å². The second kappa shape index (κ2) is 4.36. The number of aryl methyl sites for hydroxylation is 1. The van der Waals surface area contributed by atoms with Crippen molar-refractivity contribution >= 4 is 10.1 Å². The van der Waals surface area contributed by atoms with Crippen LogP contribution < -0.4 is 6.15 Å². The third kappa shape index (κ3) is 3.14. The predicted octanol–water partition coefficient (Wildman–Crippen LogP) is 1.53. The molecule has 4 N–H and O–H groups in total. The molecule has 0 saturated carbocycles. The molecule has 5 heteroatoms. The van der Waals surface area contributed by atoms with Gasteiger partial charge in [0.15, 0.2) is 0 Å². The summed E-state index contributed by atoms with van der Waals surface area (Å²) in [6.45, 7) is 1.96. The number of quaternary nitrogens is 1. The van der Waals surface area contributed by atoms with E-state index in [0.717, 1.165) is 12.0 Å². The van der Waals surface area contributed by atoms with Crippen molar-refractivity contribution in [3.8, 4) is 0 Å². The minimum Gasteiger partial charge on any atom is -0.744 e. The molecule has 1 aromatic carbocycles. The third-order valence-corrected chi connectivity index (χ3v) is 2.47. The van der Waals surface area contributed by atoms with E-state index in [0.29, 0.717) is 0 Å². The largest absolute Gasteiger partial charge is 0.744 e. The highest BCUT2D eigenvalue weighted by molar-refractivity contribution is 7.85. The van der Waals surface area contributed by atoms with Crippen molar-refractivity contribution in [2.24, 2.45) is 0 Å². The Morgan fingerprint density at radius 1 is 1.23 bits per heavy atom. The van der Waals surface area contributed by atoms with E-state index < -0.39 is 10.1 Å². The lowest BCUT2D eigenvalue weighted by Crippen LogP contribution is -1.98. The molecule has 0 aromatic heterocycles. The fraction of sp³-hybridized carbons (Fsp3) is 0.250. The van der Waals surface area contributed by atoms with Gasteiger partial charge in [-0.2, -0.15) is 0 Å². The second-order valence-corrected chi connectivity index (χ2v) is 3.83. The predicted molar refractivity (Wildman–Crippen MR) is 49.8 cm³/mol. The average Bonchev–Trinajstić information content (AvgIpc) is 2.03. The Bertz CT molecular complexity index is 355. The fourth-order valence-corrected chi connectivity index (χ4v) is 1.36. The molecule has 0 heterocycles. The van der Waals surface area contributed by atoms with E-state index >= 15 is 0 Å². The smallest absolute Gasteiger partial charge is 0.124 e. The van der Waals surface area contributed by atoms with Gasteiger partial charge in [0.1, 0.15) is 10.1 Å². The van der Waals surface area contributed by atoms with Crippen LogP contribution in [0, 0.1) is 0 Å². The molecule has 0 unspecified atom stereocenters. The van der Waals surface area contributed by atoms with E-state index in [2.05, 4.69) is 0 Å². The number of rotatable bonds is 2. The van der Waals surface area contributed by atoms with Crippen LogP contribution in [0.4, 0.5) is 0 Å². The van der Waals surface area contributed by atoms with Crippen LogP contribution in [0.25, 0.3) is 0 Å². The summed E-state index contributed by atoms with van der Waals surface area (Å²) < 4.78 is 31.4. The summed E-state index contributed by atoms with van der Waals surface area (Å²) in [4.78, 5) is -0.167. The van der Waals surface area contributed by atoms with Gasteiger partial charge in [-0.25, -0.2) is 8.42 Å². The molecule has 1 rings (SSSR count). The lowest BCUT2D eigenvalue weighted by atomic mass is 10.2. The molecule has 0 aliphatic carbocycles. The maximum Gasteiger partial charge on any atom is 0.124 e. The van der Waals surface area contributed by atoms with Crippen LogP contribution in [-0.4, -0.2) is 13.0 Å². The molecule has 0 aliphatic heterocycles. The molecule has 4 nitrogen and oxygen atoms in total. The quantitative estimate of drug-likeness (QED) is 0.738. The monoisotopic (exact) mass is 203 g/mol. The van der Waals surface area contributed by atoms with Crippen molar-refractivity contribution < 1.29 is 13.0 Å². The van der Waals surface area contributed by atoms with Crippen molar-refractivity contribution in [2.75, 3.05) is 0 Å². The molecule has 0 amide bonds. The van der Waals surface area contributed by atoms with Crippen molar-refractivity contribution in [1.82, 2.24) is 6.15 Å². The van der Waals surface area contributed by atoms with Crippen molar-refractivity contribution in [3.05, 3.63) is 29.8 Å². The zero-order chi connectivity index (χ0) is 9.19. The zero-order valence-corrected chi connectivity index (χ0v) is 8.47. The Morgan fingerprint density at radius 3 is 2.00 bits per heavy atom. The van der Waals surface area contributed by atoms with E-state index in [4.69, 9.17) is 0 Å². The van der Waals surface area contributed by atoms with E-state index in [1.54, 1.807) is 12.1 Å². The molecular formula is C8H13NO3S. The van der Waals surface area contributed by atoms with Gasteiger partial charge in [0, 0.05) is 0 Å². The van der Waals surface area contributed by atoms with Crippen LogP contribution in [0.3, 0.4) is 0 Å². The Kier molecular flexibility index (Phi) is 4.06. The first-order valence-electron chi connectivity index (χ1n) is 3.59. The summed E-state index contributed by atoms with van der Waals surface area (Å²) in [7, 11) is -4.28. The summed E-state index contributed by atoms with van der Waals surface area (Å²) in [5, 5.41) is 0. The summed E-state index contributed by atoms with van der Waals surface area (Å²) in [6.07, 6.45) is 0.833. The van der Waals surface area contributed by atoms with Crippen LogP contribution in [0.2, 0.25) is 0 Å². The van der Waals surface area contributed by atoms with Gasteiger partial charge in [-0.05, 0) is 24.1 Å². The Hall–Kier alpha value is -0.910. The van der Waals surface area contributed by atoms with E-state index in [9.17, 15) is 13.0 Å². The lowest BCUT2D eigenvalue weighted by molar-refractivity contribution is 0.463. The van der Waals surface area contributed by atoms with Gasteiger partial charge in [-0.15, -0.1) is 0 Å². The molecule has 74 valence electrons. The fourth-order valence-electron chi connectivity index (χ4n) is 0.892. The Labute approximate surface area is 77.9 Å². The highest BCUT2D eigenvalue weighted by Gasteiger charge is 1.98. The Balaban J connectivity index is 0.00000144. The van der Waals surface area contributed by atoms with Crippen molar-refractivity contribution in [1.29, 1.82) is 0 Å². The number of hydrogen-bond donors (Lipinski definition) is 1. The normalized spacial score (nSPS) is 10.6. The minimum atomic E-state index is -4.28. The molecule has 0 fully saturated rings. The third-order valence-electron chi connectivity index (χ3n) is 1.62. The van der Waals surface area contributed by atoms with Gasteiger partial charge in [0.2, 0.25) is 0 Å². The zero-order valence-electron chi connectivity index (χ0n) is 7.65. The van der Waals surface area contributed by atoms with Crippen LogP contribution in [0.15, 0.2) is 29.2 Å². The maximum atomic E-state index is 10.5. The molecule has 0 aliphatic rings. The van der Waals surface area contributed by atoms with Crippen LogP contribution in [0.1, 0.15) is 12.5 Å². The van der Waals surface area contributed by atoms with Gasteiger partial charge < -0.3 is 10.7 Å². The summed E-state index contributed by atoms with van der Waals surface area (Å²) in [5.74, 6) is 0. The topological polar surface area (TPSA) is 93.7 Å². The molecule has 0 atom stereocenters. The van der Waals surface area contributed by atoms with Crippen LogP contribution in [0.5, 0.6) is 0 Å². The van der Waals surface area contributed by atoms with Gasteiger partial charge in [-0.1, -0.05) is 19.1 Å². The van der Waals surface area contributed by atoms with E-state index in [1.165, 1.54) is 12.1 Å². The molecule has 13 heavy (non-hydrogen) atoms. The van der Waals surface area contributed by atoms with E-state index in [-0.39, 0.29) is 11.0 Å². The highest BCUT2D eigenvalue weighted by atomic mass is 32.2. The Morgan fingerprint density at radius 2 is 1.69 bits per heavy atom. The lowest BCUT2D eigenvalue weighted by Gasteiger charge is -2.06. The number of benzene rings is 1. The maximum absolute atomic E-state index is 10.5. The summed E-state index contributed by atoms with van der Waals surface area (Å²) in [6, 6.07) is 5.96. The van der Waals surface area contributed by atoms with Gasteiger partial charge in [0.25, 0.3) is 0 Å². The standard InChI is InChI=1S/C8H10O3S.H3N/c1-2-7-3-5-8(6-4-7)12(9,10)11;/h3-6H,2H2,1H3,(H,9,10,11);1H3. The first kappa shape index (κ1) is 12.1. The second-order valence-electron chi connectivity index (χ2n) is 2.45. The molecule has 0 radical (unpaired) electrons. The van der Waals surface area contributed by atoms with Gasteiger partial charge >= 0.3 is 0 Å². The molecule has 1 aromatic rings. The first-order chi connectivity index (χ1) is 5.54. The van der Waals surface area contributed by atoms with Crippen molar-refractivity contribution in [2.45, 2.75) is 18.2 Å².